The third-order valence-electron chi connectivity index (χ3n) is 4.23. The molecule has 1 aromatic carbocycles. The average Bonchev–Trinajstić information content (AvgIpc) is 2.41. The van der Waals surface area contributed by atoms with Crippen molar-refractivity contribution in [1.29, 1.82) is 0 Å². The van der Waals surface area contributed by atoms with Gasteiger partial charge in [-0.15, -0.1) is 0 Å². The molecule has 0 aromatic heterocycles. The number of nitrogens with two attached hydrogens (primary N) is 1. The molecule has 110 valence electrons. The molecular formula is C16H25N3O. The topological polar surface area (TPSA) is 67.2 Å². The highest BCUT2D eigenvalue weighted by atomic mass is 16.2. The first-order valence-electron chi connectivity index (χ1n) is 7.38. The summed E-state index contributed by atoms with van der Waals surface area (Å²) in [4.78, 5) is 12.1. The van der Waals surface area contributed by atoms with Gasteiger partial charge in [0.05, 0.1) is 0 Å². The van der Waals surface area contributed by atoms with Gasteiger partial charge >= 0.3 is 6.03 Å². The minimum atomic E-state index is -0.126. The normalized spacial score (nSPS) is 21.2. The zero-order chi connectivity index (χ0) is 14.6. The van der Waals surface area contributed by atoms with Crippen molar-refractivity contribution in [3.05, 3.63) is 29.8 Å². The van der Waals surface area contributed by atoms with E-state index in [-0.39, 0.29) is 17.5 Å². The number of nitrogens with one attached hydrogen (secondary N) is 2. The van der Waals surface area contributed by atoms with Crippen LogP contribution in [0.3, 0.4) is 0 Å². The van der Waals surface area contributed by atoms with Crippen molar-refractivity contribution in [1.82, 2.24) is 5.32 Å². The van der Waals surface area contributed by atoms with E-state index in [1.54, 1.807) is 0 Å². The van der Waals surface area contributed by atoms with E-state index in [1.165, 1.54) is 19.3 Å². The van der Waals surface area contributed by atoms with Crippen molar-refractivity contribution in [2.24, 2.45) is 11.1 Å². The average molecular weight is 275 g/mol. The molecule has 0 bridgehead atoms. The monoisotopic (exact) mass is 275 g/mol. The molecule has 0 heterocycles. The van der Waals surface area contributed by atoms with E-state index in [0.717, 1.165) is 17.7 Å². The lowest BCUT2D eigenvalue weighted by Crippen LogP contribution is -2.48. The second-order valence-corrected chi connectivity index (χ2v) is 6.29. The van der Waals surface area contributed by atoms with Crippen LogP contribution in [0, 0.1) is 5.41 Å². The largest absolute Gasteiger partial charge is 0.335 e. The van der Waals surface area contributed by atoms with Crippen LogP contribution in [0.15, 0.2) is 24.3 Å². The number of urea groups is 1. The SMILES string of the molecule is CC1(C)CCCCC1NC(=O)Nc1cccc(CN)c1. The molecule has 1 fully saturated rings. The highest BCUT2D eigenvalue weighted by Crippen LogP contribution is 2.35. The van der Waals surface area contributed by atoms with Crippen LogP contribution in [0.4, 0.5) is 10.5 Å². The molecule has 4 heteroatoms. The molecular weight excluding hydrogens is 250 g/mol. The van der Waals surface area contributed by atoms with Gasteiger partial charge in [0, 0.05) is 18.3 Å². The molecule has 1 unspecified atom stereocenters. The summed E-state index contributed by atoms with van der Waals surface area (Å²) < 4.78 is 0. The predicted octanol–water partition coefficient (Wildman–Crippen LogP) is 3.24. The maximum atomic E-state index is 12.1. The minimum Gasteiger partial charge on any atom is -0.335 e. The van der Waals surface area contributed by atoms with Gasteiger partial charge in [-0.25, -0.2) is 4.79 Å². The Hall–Kier alpha value is -1.55. The first-order chi connectivity index (χ1) is 9.51. The number of amides is 2. The molecule has 4 nitrogen and oxygen atoms in total. The molecule has 2 amide bonds. The fraction of sp³-hybridized carbons (Fsp3) is 0.562. The summed E-state index contributed by atoms with van der Waals surface area (Å²) >= 11 is 0. The Morgan fingerprint density at radius 1 is 1.40 bits per heavy atom. The summed E-state index contributed by atoms with van der Waals surface area (Å²) in [5.41, 5.74) is 7.59. The van der Waals surface area contributed by atoms with Crippen molar-refractivity contribution < 1.29 is 4.79 Å². The first kappa shape index (κ1) is 14.9. The molecule has 0 spiro atoms. The maximum Gasteiger partial charge on any atom is 0.319 e. The van der Waals surface area contributed by atoms with Gasteiger partial charge < -0.3 is 16.4 Å². The van der Waals surface area contributed by atoms with E-state index >= 15 is 0 Å². The Morgan fingerprint density at radius 3 is 2.90 bits per heavy atom. The molecule has 20 heavy (non-hydrogen) atoms. The molecule has 1 aliphatic carbocycles. The van der Waals surface area contributed by atoms with Gasteiger partial charge in [0.25, 0.3) is 0 Å². The Labute approximate surface area is 121 Å². The molecule has 1 aliphatic rings. The van der Waals surface area contributed by atoms with Crippen LogP contribution in [0.25, 0.3) is 0 Å². The van der Waals surface area contributed by atoms with Crippen molar-refractivity contribution in [3.63, 3.8) is 0 Å². The zero-order valence-corrected chi connectivity index (χ0v) is 12.4. The lowest BCUT2D eigenvalue weighted by molar-refractivity contribution is 0.170. The van der Waals surface area contributed by atoms with Crippen LogP contribution in [-0.2, 0) is 6.54 Å². The lowest BCUT2D eigenvalue weighted by atomic mass is 9.73. The number of carbonyl (C=O) groups excluding carboxylic acids is 1. The van der Waals surface area contributed by atoms with Crippen molar-refractivity contribution in [3.8, 4) is 0 Å². The van der Waals surface area contributed by atoms with Crippen LogP contribution < -0.4 is 16.4 Å². The number of benzene rings is 1. The number of carbonyl (C=O) groups is 1. The third kappa shape index (κ3) is 3.73. The lowest BCUT2D eigenvalue weighted by Gasteiger charge is -2.38. The fourth-order valence-electron chi connectivity index (χ4n) is 2.86. The van der Waals surface area contributed by atoms with Gasteiger partial charge in [0.2, 0.25) is 0 Å². The van der Waals surface area contributed by atoms with Gasteiger partial charge in [-0.2, -0.15) is 0 Å². The molecule has 4 N–H and O–H groups in total. The Bertz CT molecular complexity index is 471. The van der Waals surface area contributed by atoms with E-state index in [4.69, 9.17) is 5.73 Å². The summed E-state index contributed by atoms with van der Waals surface area (Å²) in [6.07, 6.45) is 4.67. The second-order valence-electron chi connectivity index (χ2n) is 6.29. The van der Waals surface area contributed by atoms with E-state index in [2.05, 4.69) is 24.5 Å². The zero-order valence-electron chi connectivity index (χ0n) is 12.4. The van der Waals surface area contributed by atoms with Crippen LogP contribution in [0.5, 0.6) is 0 Å². The predicted molar refractivity (Wildman–Crippen MR) is 82.5 cm³/mol. The minimum absolute atomic E-state index is 0.126. The third-order valence-corrected chi connectivity index (χ3v) is 4.23. The van der Waals surface area contributed by atoms with Crippen molar-refractivity contribution in [2.75, 3.05) is 5.32 Å². The maximum absolute atomic E-state index is 12.1. The Balaban J connectivity index is 1.94. The highest BCUT2D eigenvalue weighted by Gasteiger charge is 2.33. The second kappa shape index (κ2) is 6.27. The molecule has 0 saturated heterocycles. The van der Waals surface area contributed by atoms with Crippen LogP contribution in [0.1, 0.15) is 45.1 Å². The molecule has 1 saturated carbocycles. The van der Waals surface area contributed by atoms with Crippen LogP contribution >= 0.6 is 0 Å². The van der Waals surface area contributed by atoms with Gasteiger partial charge in [-0.3, -0.25) is 0 Å². The van der Waals surface area contributed by atoms with Gasteiger partial charge in [-0.05, 0) is 36.0 Å². The van der Waals surface area contributed by atoms with Gasteiger partial charge in [0.15, 0.2) is 0 Å². The first-order valence-corrected chi connectivity index (χ1v) is 7.38. The summed E-state index contributed by atoms with van der Waals surface area (Å²) in [5.74, 6) is 0. The van der Waals surface area contributed by atoms with Crippen molar-refractivity contribution in [2.45, 2.75) is 52.1 Å². The molecule has 0 aliphatic heterocycles. The quantitative estimate of drug-likeness (QED) is 0.792. The summed E-state index contributed by atoms with van der Waals surface area (Å²) in [6.45, 7) is 4.94. The van der Waals surface area contributed by atoms with E-state index in [9.17, 15) is 4.79 Å². The van der Waals surface area contributed by atoms with Crippen molar-refractivity contribution >= 4 is 11.7 Å². The van der Waals surface area contributed by atoms with Crippen LogP contribution in [0.2, 0.25) is 0 Å². The standard InChI is InChI=1S/C16H25N3O/c1-16(2)9-4-3-8-14(16)19-15(20)18-13-7-5-6-12(10-13)11-17/h5-7,10,14H,3-4,8-9,11,17H2,1-2H3,(H2,18,19,20). The van der Waals surface area contributed by atoms with E-state index in [1.807, 2.05) is 24.3 Å². The number of anilines is 1. The van der Waals surface area contributed by atoms with E-state index < -0.39 is 0 Å². The smallest absolute Gasteiger partial charge is 0.319 e. The molecule has 1 aromatic rings. The summed E-state index contributed by atoms with van der Waals surface area (Å²) in [7, 11) is 0. The van der Waals surface area contributed by atoms with Gasteiger partial charge in [0.1, 0.15) is 0 Å². The number of hydrogen-bond acceptors (Lipinski definition) is 2. The number of hydrogen-bond donors (Lipinski definition) is 3. The number of rotatable bonds is 3. The molecule has 2 rings (SSSR count). The Morgan fingerprint density at radius 2 is 2.20 bits per heavy atom. The van der Waals surface area contributed by atoms with Gasteiger partial charge in [-0.1, -0.05) is 38.8 Å². The molecule has 1 atom stereocenters. The highest BCUT2D eigenvalue weighted by molar-refractivity contribution is 5.89. The van der Waals surface area contributed by atoms with Crippen LogP contribution in [-0.4, -0.2) is 12.1 Å². The summed E-state index contributed by atoms with van der Waals surface area (Å²) in [6, 6.07) is 7.76. The summed E-state index contributed by atoms with van der Waals surface area (Å²) in [5, 5.41) is 6.01. The molecule has 0 radical (unpaired) electrons. The Kier molecular flexibility index (Phi) is 4.65. The fourth-order valence-corrected chi connectivity index (χ4v) is 2.86. The van der Waals surface area contributed by atoms with E-state index in [0.29, 0.717) is 6.54 Å².